The molecule has 5 heteroatoms. The van der Waals surface area contributed by atoms with Crippen LogP contribution in [0.1, 0.15) is 464 Å². The number of hydrogen-bond donors (Lipinski definition) is 0. The monoisotopic (exact) mass is 1670 g/mol. The molecule has 0 aliphatic heterocycles. The van der Waals surface area contributed by atoms with Crippen molar-refractivity contribution in [3.05, 3.63) is 144 Å². The van der Waals surface area contributed by atoms with Crippen molar-refractivity contribution >= 4 is 0 Å². The number of hydrogen-bond acceptors (Lipinski definition) is 5. The first-order chi connectivity index (χ1) is 53.3. The van der Waals surface area contributed by atoms with E-state index in [-0.39, 0.29) is 82.2 Å². The van der Waals surface area contributed by atoms with Gasteiger partial charge in [-0.25, -0.2) is 0 Å². The molecule has 0 saturated heterocycles. The normalized spacial score (nSPS) is 12.5. The van der Waals surface area contributed by atoms with Crippen LogP contribution in [-0.2, 0) is 64.2 Å². The van der Waals surface area contributed by atoms with E-state index < -0.39 is 0 Å². The van der Waals surface area contributed by atoms with E-state index in [4.69, 9.17) is 23.7 Å². The molecule has 0 aromatic heterocycles. The van der Waals surface area contributed by atoms with Gasteiger partial charge in [-0.2, -0.15) is 0 Å². The Morgan fingerprint density at radius 3 is 0.258 bits per heavy atom. The molecule has 0 aliphatic carbocycles. The molecule has 0 amide bonds. The third-order valence-corrected chi connectivity index (χ3v) is 16.2. The summed E-state index contributed by atoms with van der Waals surface area (Å²) in [5.74, 6) is 5.57. The van der Waals surface area contributed by atoms with Crippen LogP contribution in [0.4, 0.5) is 0 Å². The Kier molecular flexibility index (Phi) is 52.0. The molecule has 0 bridgehead atoms. The van der Waals surface area contributed by atoms with Crippen molar-refractivity contribution in [2.75, 3.05) is 0 Å². The number of rotatable bonds is 15. The molecule has 0 unspecified atom stereocenters. The molecular formula is C115H210O5. The summed E-state index contributed by atoms with van der Waals surface area (Å²) in [6, 6.07) is 23.0. The van der Waals surface area contributed by atoms with Crippen LogP contribution in [0.5, 0.6) is 28.7 Å². The molecule has 0 heterocycles. The summed E-state index contributed by atoms with van der Waals surface area (Å²) >= 11 is 0. The van der Waals surface area contributed by atoms with Crippen LogP contribution in [0, 0.1) is 88.8 Å². The molecule has 5 aromatic rings. The van der Waals surface area contributed by atoms with Crippen LogP contribution in [-0.4, -0.2) is 28.0 Å². The van der Waals surface area contributed by atoms with Gasteiger partial charge in [-0.05, 0) is 312 Å². The van der Waals surface area contributed by atoms with Crippen LogP contribution in [0.15, 0.2) is 60.7 Å². The van der Waals surface area contributed by atoms with E-state index in [9.17, 15) is 0 Å². The largest absolute Gasteiger partial charge is 0.488 e. The first kappa shape index (κ1) is 124. The van der Waals surface area contributed by atoms with E-state index in [0.717, 1.165) is 93.0 Å². The predicted molar refractivity (Wildman–Crippen MR) is 546 cm³/mol. The van der Waals surface area contributed by atoms with Crippen molar-refractivity contribution in [1.82, 2.24) is 0 Å². The smallest absolute Gasteiger partial charge is 0.126 e. The molecular weight excluding hydrogens is 1460 g/mol. The van der Waals surface area contributed by atoms with E-state index in [2.05, 4.69) is 407 Å². The minimum atomic E-state index is -0.172. The highest BCUT2D eigenvalue weighted by molar-refractivity contribution is 5.50. The highest BCUT2D eigenvalue weighted by atomic mass is 16.5. The van der Waals surface area contributed by atoms with Gasteiger partial charge in [0.2, 0.25) is 0 Å². The van der Waals surface area contributed by atoms with E-state index in [0.29, 0.717) is 0 Å². The zero-order chi connectivity index (χ0) is 96.7. The lowest BCUT2D eigenvalue weighted by Crippen LogP contribution is -2.26. The Morgan fingerprint density at radius 2 is 0.208 bits per heavy atom. The Hall–Kier alpha value is -4.90. The van der Waals surface area contributed by atoms with E-state index in [1.54, 1.807) is 0 Å². The molecule has 0 atom stereocenters. The fraction of sp³-hybridized carbons (Fsp3) is 0.739. The number of benzene rings is 5. The highest BCUT2D eigenvalue weighted by Gasteiger charge is 2.31. The van der Waals surface area contributed by atoms with Crippen molar-refractivity contribution < 1.29 is 23.7 Å². The van der Waals surface area contributed by atoms with Crippen molar-refractivity contribution in [1.29, 1.82) is 0 Å². The Balaban J connectivity index is -0.000000447. The zero-order valence-electron chi connectivity index (χ0n) is 92.4. The number of aryl methyl sites for hydroxylation is 5. The standard InChI is InChI=1S/5C21H36O.5C2H6/c5*1-15-11-16(13-19(2,3)4)18(22-21(8,9)10)17(12-15)14-20(5,6)7;5*1-2/h5*11-12H,13-14H2,1-10H3;5*1-2H3. The van der Waals surface area contributed by atoms with E-state index in [1.807, 2.05) is 69.2 Å². The SMILES string of the molecule is CC.CC.CC.CC.CC.Cc1cc(CC(C)(C)C)c(OC(C)(C)C)c(CC(C)(C)C)c1.Cc1cc(CC(C)(C)C)c(OC(C)(C)C)c(CC(C)(C)C)c1.Cc1cc(CC(C)(C)C)c(OC(C)(C)C)c(CC(C)(C)C)c1.Cc1cc(CC(C)(C)C)c(OC(C)(C)C)c(CC(C)(C)C)c1.Cc1cc(CC(C)(C)C)c(OC(C)(C)C)c(CC(C)(C)C)c1. The van der Waals surface area contributed by atoms with Gasteiger partial charge in [0, 0.05) is 0 Å². The van der Waals surface area contributed by atoms with Crippen LogP contribution in [0.3, 0.4) is 0 Å². The third-order valence-electron chi connectivity index (χ3n) is 16.2. The Bertz CT molecular complexity index is 2900. The Labute approximate surface area is 753 Å². The van der Waals surface area contributed by atoms with Crippen molar-refractivity contribution in [3.8, 4) is 28.7 Å². The van der Waals surface area contributed by atoms with Crippen LogP contribution < -0.4 is 23.7 Å². The molecule has 0 N–H and O–H groups in total. The quantitative estimate of drug-likeness (QED) is 0.105. The second kappa shape index (κ2) is 50.4. The van der Waals surface area contributed by atoms with Gasteiger partial charge < -0.3 is 23.7 Å². The summed E-state index contributed by atoms with van der Waals surface area (Å²) in [5.41, 5.74) is 21.8. The zero-order valence-corrected chi connectivity index (χ0v) is 92.4. The molecule has 0 fully saturated rings. The predicted octanol–water partition coefficient (Wildman–Crippen LogP) is 36.9. The summed E-state index contributed by atoms with van der Waals surface area (Å²) in [7, 11) is 0. The molecule has 0 aliphatic rings. The van der Waals surface area contributed by atoms with E-state index in [1.165, 1.54) is 83.5 Å². The van der Waals surface area contributed by atoms with Crippen molar-refractivity contribution in [3.63, 3.8) is 0 Å². The molecule has 5 rings (SSSR count). The third kappa shape index (κ3) is 63.1. The maximum absolute atomic E-state index is 6.41. The summed E-state index contributed by atoms with van der Waals surface area (Å²) in [6.07, 6.45) is 10.4. The van der Waals surface area contributed by atoms with Gasteiger partial charge in [0.15, 0.2) is 0 Å². The second-order valence-electron chi connectivity index (χ2n) is 50.5. The van der Waals surface area contributed by atoms with Gasteiger partial charge in [-0.1, -0.05) is 365 Å². The van der Waals surface area contributed by atoms with Gasteiger partial charge in [0.25, 0.3) is 0 Å². The first-order valence-corrected chi connectivity index (χ1v) is 47.4. The van der Waals surface area contributed by atoms with Crippen LogP contribution in [0.25, 0.3) is 0 Å². The van der Waals surface area contributed by atoms with Crippen molar-refractivity contribution in [2.24, 2.45) is 54.1 Å². The van der Waals surface area contributed by atoms with Gasteiger partial charge in [0.05, 0.1) is 0 Å². The average Bonchev–Trinajstić information content (AvgIpc) is 0.826. The Morgan fingerprint density at radius 1 is 0.142 bits per heavy atom. The summed E-state index contributed by atoms with van der Waals surface area (Å²) in [5, 5.41) is 0. The van der Waals surface area contributed by atoms with Crippen LogP contribution >= 0.6 is 0 Å². The minimum absolute atomic E-state index is 0.172. The van der Waals surface area contributed by atoms with Crippen LogP contribution in [0.2, 0.25) is 0 Å². The summed E-state index contributed by atoms with van der Waals surface area (Å²) in [6.45, 7) is 132. The topological polar surface area (TPSA) is 46.2 Å². The molecule has 5 nitrogen and oxygen atoms in total. The van der Waals surface area contributed by atoms with Gasteiger partial charge in [-0.3, -0.25) is 0 Å². The van der Waals surface area contributed by atoms with Gasteiger partial charge >= 0.3 is 0 Å². The molecule has 0 radical (unpaired) electrons. The lowest BCUT2D eigenvalue weighted by molar-refractivity contribution is 0.125. The second-order valence-corrected chi connectivity index (χ2v) is 50.5. The number of ether oxygens (including phenoxy) is 5. The minimum Gasteiger partial charge on any atom is -0.488 e. The fourth-order valence-corrected chi connectivity index (χ4v) is 13.9. The molecule has 120 heavy (non-hydrogen) atoms. The maximum atomic E-state index is 6.41. The fourth-order valence-electron chi connectivity index (χ4n) is 13.9. The molecule has 0 saturated carbocycles. The molecule has 0 spiro atoms. The van der Waals surface area contributed by atoms with Gasteiger partial charge in [-0.15, -0.1) is 0 Å². The first-order valence-electron chi connectivity index (χ1n) is 47.4. The highest BCUT2D eigenvalue weighted by Crippen LogP contribution is 2.44. The maximum Gasteiger partial charge on any atom is 0.126 e. The summed E-state index contributed by atoms with van der Waals surface area (Å²) in [4.78, 5) is 0. The van der Waals surface area contributed by atoms with E-state index >= 15 is 0 Å². The lowest BCUT2D eigenvalue weighted by Gasteiger charge is -2.30. The lowest BCUT2D eigenvalue weighted by atomic mass is 9.83. The van der Waals surface area contributed by atoms with Crippen molar-refractivity contribution in [2.45, 2.75) is 508 Å². The summed E-state index contributed by atoms with van der Waals surface area (Å²) < 4.78 is 32.1. The molecule has 700 valence electrons. The van der Waals surface area contributed by atoms with Gasteiger partial charge in [0.1, 0.15) is 56.8 Å². The average molecular weight is 1670 g/mol. The molecule has 5 aromatic carbocycles.